The van der Waals surface area contributed by atoms with E-state index in [1.54, 1.807) is 0 Å². The lowest BCUT2D eigenvalue weighted by molar-refractivity contribution is 0.362. The van der Waals surface area contributed by atoms with Crippen LogP contribution in [0.3, 0.4) is 0 Å². The molecule has 0 aliphatic heterocycles. The number of hydrogen-bond acceptors (Lipinski definition) is 2. The van der Waals surface area contributed by atoms with E-state index in [9.17, 15) is 0 Å². The number of allylic oxidation sites excluding steroid dienone is 1. The zero-order valence-electron chi connectivity index (χ0n) is 11.5. The minimum absolute atomic E-state index is 0.601. The van der Waals surface area contributed by atoms with Crippen LogP contribution in [-0.2, 0) is 0 Å². The summed E-state index contributed by atoms with van der Waals surface area (Å²) < 4.78 is 5.61. The Morgan fingerprint density at radius 3 is 2.10 bits per heavy atom. The van der Waals surface area contributed by atoms with Gasteiger partial charge in [0.2, 0.25) is 0 Å². The van der Waals surface area contributed by atoms with Gasteiger partial charge >= 0.3 is 0 Å². The summed E-state index contributed by atoms with van der Waals surface area (Å²) in [4.78, 5) is 0. The third-order valence-corrected chi connectivity index (χ3v) is 2.95. The number of hydrogen-bond donors (Lipinski definition) is 0. The van der Waals surface area contributed by atoms with Crippen molar-refractivity contribution in [1.29, 1.82) is 5.26 Å². The van der Waals surface area contributed by atoms with E-state index in [1.165, 1.54) is 0 Å². The molecule has 0 spiro atoms. The van der Waals surface area contributed by atoms with Crippen LogP contribution in [-0.4, -0.2) is 6.61 Å². The van der Waals surface area contributed by atoms with E-state index >= 15 is 0 Å². The predicted molar refractivity (Wildman–Crippen MR) is 81.5 cm³/mol. The molecule has 2 aromatic rings. The van der Waals surface area contributed by atoms with Crippen LogP contribution in [0.25, 0.3) is 11.1 Å². The molecule has 0 fully saturated rings. The second kappa shape index (κ2) is 7.16. The molecule has 2 nitrogen and oxygen atoms in total. The summed E-state index contributed by atoms with van der Waals surface area (Å²) in [5.41, 5.74) is 2.89. The summed E-state index contributed by atoms with van der Waals surface area (Å²) in [6.45, 7) is 2.70. The lowest BCUT2D eigenvalue weighted by Gasteiger charge is -2.05. The fraction of sp³-hybridized carbons (Fsp3) is 0.167. The second-order valence-electron chi connectivity index (χ2n) is 4.40. The van der Waals surface area contributed by atoms with Gasteiger partial charge < -0.3 is 4.74 Å². The zero-order valence-corrected chi connectivity index (χ0v) is 11.5. The maximum Gasteiger partial charge on any atom is 0.119 e. The number of rotatable bonds is 5. The molecule has 0 aromatic heterocycles. The first-order chi connectivity index (χ1) is 9.83. The van der Waals surface area contributed by atoms with Gasteiger partial charge in [0.25, 0.3) is 0 Å². The van der Waals surface area contributed by atoms with Crippen LogP contribution >= 0.6 is 0 Å². The number of nitriles is 1. The summed E-state index contributed by atoms with van der Waals surface area (Å²) in [6.07, 6.45) is 5.14. The standard InChI is InChI=1S/C18H17NO/c1-2-3-4-13-20-18-11-9-17(10-12-18)16-7-5-15(14-19)6-8-16/h3-12H,2,13H2,1H3. The summed E-state index contributed by atoms with van der Waals surface area (Å²) in [5.74, 6) is 0.864. The van der Waals surface area contributed by atoms with E-state index in [4.69, 9.17) is 10.00 Å². The van der Waals surface area contributed by atoms with Crippen molar-refractivity contribution >= 4 is 0 Å². The third kappa shape index (κ3) is 3.73. The third-order valence-electron chi connectivity index (χ3n) is 2.95. The van der Waals surface area contributed by atoms with Crippen molar-refractivity contribution in [3.05, 3.63) is 66.2 Å². The van der Waals surface area contributed by atoms with Crippen molar-refractivity contribution < 1.29 is 4.74 Å². The van der Waals surface area contributed by atoms with E-state index in [1.807, 2.05) is 54.6 Å². The average Bonchev–Trinajstić information content (AvgIpc) is 2.52. The molecule has 0 amide bonds. The van der Waals surface area contributed by atoms with Gasteiger partial charge in [0.1, 0.15) is 12.4 Å². The van der Waals surface area contributed by atoms with Gasteiger partial charge in [-0.15, -0.1) is 0 Å². The normalized spacial score (nSPS) is 10.4. The molecule has 0 aliphatic carbocycles. The molecule has 0 atom stereocenters. The van der Waals surface area contributed by atoms with E-state index in [2.05, 4.69) is 19.1 Å². The van der Waals surface area contributed by atoms with Gasteiger partial charge in [-0.25, -0.2) is 0 Å². The fourth-order valence-electron chi connectivity index (χ4n) is 1.86. The maximum absolute atomic E-state index is 8.78. The largest absolute Gasteiger partial charge is 0.490 e. The Labute approximate surface area is 119 Å². The molecule has 0 aliphatic rings. The van der Waals surface area contributed by atoms with Gasteiger partial charge in [0.15, 0.2) is 0 Å². The van der Waals surface area contributed by atoms with Gasteiger partial charge in [0.05, 0.1) is 11.6 Å². The molecule has 0 N–H and O–H groups in total. The number of benzene rings is 2. The average molecular weight is 263 g/mol. The van der Waals surface area contributed by atoms with Crippen molar-refractivity contribution in [3.8, 4) is 22.9 Å². The highest BCUT2D eigenvalue weighted by Gasteiger charge is 1.99. The quantitative estimate of drug-likeness (QED) is 0.740. The lowest BCUT2D eigenvalue weighted by Crippen LogP contribution is -1.92. The molecule has 20 heavy (non-hydrogen) atoms. The summed E-state index contributed by atoms with van der Waals surface area (Å²) in [5, 5.41) is 8.78. The molecule has 2 aromatic carbocycles. The first-order valence-electron chi connectivity index (χ1n) is 6.72. The number of ether oxygens (including phenoxy) is 1. The van der Waals surface area contributed by atoms with Gasteiger partial charge in [-0.3, -0.25) is 0 Å². The van der Waals surface area contributed by atoms with Crippen molar-refractivity contribution in [2.75, 3.05) is 6.61 Å². The van der Waals surface area contributed by atoms with E-state index in [0.29, 0.717) is 12.2 Å². The van der Waals surface area contributed by atoms with Gasteiger partial charge in [-0.2, -0.15) is 5.26 Å². The smallest absolute Gasteiger partial charge is 0.119 e. The fourth-order valence-corrected chi connectivity index (χ4v) is 1.86. The van der Waals surface area contributed by atoms with E-state index in [0.717, 1.165) is 23.3 Å². The minimum Gasteiger partial charge on any atom is -0.490 e. The molecule has 0 saturated heterocycles. The summed E-state index contributed by atoms with van der Waals surface area (Å²) in [6, 6.07) is 17.7. The van der Waals surface area contributed by atoms with Crippen LogP contribution in [0.4, 0.5) is 0 Å². The topological polar surface area (TPSA) is 33.0 Å². The van der Waals surface area contributed by atoms with Crippen molar-refractivity contribution in [2.45, 2.75) is 13.3 Å². The lowest BCUT2D eigenvalue weighted by atomic mass is 10.0. The van der Waals surface area contributed by atoms with Crippen LogP contribution < -0.4 is 4.74 Å². The molecule has 100 valence electrons. The minimum atomic E-state index is 0.601. The molecule has 0 unspecified atom stereocenters. The first kappa shape index (κ1) is 13.9. The van der Waals surface area contributed by atoms with Crippen LogP contribution in [0.1, 0.15) is 18.9 Å². The number of nitrogens with zero attached hydrogens (tertiary/aromatic N) is 1. The monoisotopic (exact) mass is 263 g/mol. The molecular weight excluding hydrogens is 246 g/mol. The molecule has 0 saturated carbocycles. The molecular formula is C18H17NO. The Balaban J connectivity index is 2.03. The second-order valence-corrected chi connectivity index (χ2v) is 4.40. The molecule has 2 heteroatoms. The molecule has 2 rings (SSSR count). The van der Waals surface area contributed by atoms with Crippen molar-refractivity contribution in [1.82, 2.24) is 0 Å². The Bertz CT molecular complexity index is 603. The summed E-state index contributed by atoms with van der Waals surface area (Å²) >= 11 is 0. The Hall–Kier alpha value is -2.53. The highest BCUT2D eigenvalue weighted by molar-refractivity contribution is 5.64. The zero-order chi connectivity index (χ0) is 14.2. The Kier molecular flexibility index (Phi) is 4.97. The van der Waals surface area contributed by atoms with Crippen molar-refractivity contribution in [2.24, 2.45) is 0 Å². The maximum atomic E-state index is 8.78. The van der Waals surface area contributed by atoms with Crippen LogP contribution in [0.15, 0.2) is 60.7 Å². The predicted octanol–water partition coefficient (Wildman–Crippen LogP) is 4.57. The Morgan fingerprint density at radius 2 is 1.55 bits per heavy atom. The molecule has 0 bridgehead atoms. The van der Waals surface area contributed by atoms with E-state index in [-0.39, 0.29) is 0 Å². The highest BCUT2D eigenvalue weighted by Crippen LogP contribution is 2.22. The van der Waals surface area contributed by atoms with Gasteiger partial charge in [0, 0.05) is 0 Å². The molecule has 0 heterocycles. The SMILES string of the molecule is CCC=CCOc1ccc(-c2ccc(C#N)cc2)cc1. The van der Waals surface area contributed by atoms with Crippen LogP contribution in [0, 0.1) is 11.3 Å². The van der Waals surface area contributed by atoms with Crippen LogP contribution in [0.5, 0.6) is 5.75 Å². The van der Waals surface area contributed by atoms with Gasteiger partial charge in [-0.1, -0.05) is 43.3 Å². The first-order valence-corrected chi connectivity index (χ1v) is 6.72. The van der Waals surface area contributed by atoms with Crippen LogP contribution in [0.2, 0.25) is 0 Å². The van der Waals surface area contributed by atoms with E-state index < -0.39 is 0 Å². The van der Waals surface area contributed by atoms with Crippen molar-refractivity contribution in [3.63, 3.8) is 0 Å². The van der Waals surface area contributed by atoms with Gasteiger partial charge in [-0.05, 0) is 41.8 Å². The summed E-state index contributed by atoms with van der Waals surface area (Å²) in [7, 11) is 0. The highest BCUT2D eigenvalue weighted by atomic mass is 16.5. The molecule has 0 radical (unpaired) electrons. The Morgan fingerprint density at radius 1 is 0.950 bits per heavy atom.